The summed E-state index contributed by atoms with van der Waals surface area (Å²) in [6, 6.07) is 2.28. The topological polar surface area (TPSA) is 79.9 Å². The third-order valence-electron chi connectivity index (χ3n) is 4.40. The molecule has 1 aliphatic carbocycles. The van der Waals surface area contributed by atoms with Crippen LogP contribution < -0.4 is 5.32 Å². The average Bonchev–Trinajstić information content (AvgIpc) is 3.14. The third kappa shape index (κ3) is 2.42. The largest absolute Gasteiger partial charge is 0.369 e. The summed E-state index contributed by atoms with van der Waals surface area (Å²) in [7, 11) is 1.84. The minimum atomic E-state index is -0.339. The maximum absolute atomic E-state index is 12.4. The molecule has 1 amide bonds. The monoisotopic (exact) mass is 288 g/mol. The molecule has 1 fully saturated rings. The molecule has 1 aliphatic heterocycles. The Kier molecular flexibility index (Phi) is 3.25. The van der Waals surface area contributed by atoms with Gasteiger partial charge < -0.3 is 10.1 Å². The number of hydrogen-bond acceptors (Lipinski definition) is 4. The van der Waals surface area contributed by atoms with Crippen LogP contribution in [0.1, 0.15) is 54.5 Å². The number of ether oxygens (including phenoxy) is 1. The van der Waals surface area contributed by atoms with Gasteiger partial charge in [0.05, 0.1) is 29.4 Å². The number of aryl methyl sites for hydroxylation is 1. The summed E-state index contributed by atoms with van der Waals surface area (Å²) in [6.45, 7) is 4.39. The molecule has 6 nitrogen and oxygen atoms in total. The quantitative estimate of drug-likeness (QED) is 0.913. The van der Waals surface area contributed by atoms with Crippen molar-refractivity contribution >= 4 is 5.91 Å². The summed E-state index contributed by atoms with van der Waals surface area (Å²) < 4.78 is 7.53. The van der Waals surface area contributed by atoms with Gasteiger partial charge in [0, 0.05) is 25.6 Å². The van der Waals surface area contributed by atoms with Gasteiger partial charge in [-0.2, -0.15) is 10.4 Å². The highest BCUT2D eigenvalue weighted by molar-refractivity contribution is 5.94. The standard InChI is InChI=1S/C15H20N4O2/c1-9-6-11-12(18-19(3)13(11)10(2)21-9)14(20)17-8-15(7-16)4-5-15/h9-10H,4-6,8H2,1-3H3,(H,17,20)/t9-,10+/m1/s1. The zero-order valence-corrected chi connectivity index (χ0v) is 12.6. The van der Waals surface area contributed by atoms with Crippen LogP contribution in [0, 0.1) is 16.7 Å². The number of amides is 1. The number of hydrogen-bond donors (Lipinski definition) is 1. The van der Waals surface area contributed by atoms with Crippen LogP contribution in [0.3, 0.4) is 0 Å². The van der Waals surface area contributed by atoms with E-state index in [1.54, 1.807) is 4.68 Å². The van der Waals surface area contributed by atoms with Crippen molar-refractivity contribution in [1.29, 1.82) is 5.26 Å². The molecule has 0 bridgehead atoms. The lowest BCUT2D eigenvalue weighted by molar-refractivity contribution is -0.00903. The third-order valence-corrected chi connectivity index (χ3v) is 4.40. The second-order valence-electron chi connectivity index (χ2n) is 6.20. The first-order valence-corrected chi connectivity index (χ1v) is 7.36. The smallest absolute Gasteiger partial charge is 0.272 e. The Morgan fingerprint density at radius 3 is 2.90 bits per heavy atom. The van der Waals surface area contributed by atoms with E-state index in [9.17, 15) is 4.79 Å². The molecule has 1 aromatic rings. The highest BCUT2D eigenvalue weighted by Crippen LogP contribution is 2.44. The van der Waals surface area contributed by atoms with Crippen molar-refractivity contribution < 1.29 is 9.53 Å². The van der Waals surface area contributed by atoms with Crippen molar-refractivity contribution in [3.63, 3.8) is 0 Å². The van der Waals surface area contributed by atoms with E-state index in [0.717, 1.165) is 24.1 Å². The van der Waals surface area contributed by atoms with E-state index in [-0.39, 0.29) is 23.5 Å². The highest BCUT2D eigenvalue weighted by Gasteiger charge is 2.43. The number of nitriles is 1. The van der Waals surface area contributed by atoms with Gasteiger partial charge in [0.1, 0.15) is 0 Å². The molecule has 2 aliphatic rings. The molecule has 1 N–H and O–H groups in total. The fourth-order valence-electron chi connectivity index (χ4n) is 3.03. The minimum absolute atomic E-state index is 0.0586. The molecule has 1 aromatic heterocycles. The van der Waals surface area contributed by atoms with E-state index >= 15 is 0 Å². The Bertz CT molecular complexity index is 624. The Labute approximate surface area is 124 Å². The van der Waals surface area contributed by atoms with Gasteiger partial charge in [0.15, 0.2) is 5.69 Å². The Morgan fingerprint density at radius 1 is 1.57 bits per heavy atom. The van der Waals surface area contributed by atoms with Crippen LogP contribution in [0.25, 0.3) is 0 Å². The van der Waals surface area contributed by atoms with Crippen molar-refractivity contribution in [2.24, 2.45) is 12.5 Å². The van der Waals surface area contributed by atoms with Crippen molar-refractivity contribution in [2.75, 3.05) is 6.54 Å². The number of nitrogens with zero attached hydrogens (tertiary/aromatic N) is 3. The van der Waals surface area contributed by atoms with E-state index in [1.165, 1.54) is 0 Å². The molecule has 6 heteroatoms. The maximum Gasteiger partial charge on any atom is 0.272 e. The van der Waals surface area contributed by atoms with Gasteiger partial charge >= 0.3 is 0 Å². The Balaban J connectivity index is 1.81. The summed E-state index contributed by atoms with van der Waals surface area (Å²) in [5, 5.41) is 16.3. The van der Waals surface area contributed by atoms with Crippen LogP contribution in [0.4, 0.5) is 0 Å². The van der Waals surface area contributed by atoms with E-state index in [4.69, 9.17) is 10.00 Å². The molecule has 0 spiro atoms. The molecule has 0 saturated heterocycles. The minimum Gasteiger partial charge on any atom is -0.369 e. The van der Waals surface area contributed by atoms with Gasteiger partial charge in [-0.3, -0.25) is 9.48 Å². The van der Waals surface area contributed by atoms with Gasteiger partial charge in [0.2, 0.25) is 0 Å². The van der Waals surface area contributed by atoms with Gasteiger partial charge in [-0.05, 0) is 26.7 Å². The van der Waals surface area contributed by atoms with Crippen molar-refractivity contribution in [1.82, 2.24) is 15.1 Å². The molecular formula is C15H20N4O2. The summed E-state index contributed by atoms with van der Waals surface area (Å²) in [4.78, 5) is 12.4. The second-order valence-corrected chi connectivity index (χ2v) is 6.20. The number of aromatic nitrogens is 2. The van der Waals surface area contributed by atoms with Gasteiger partial charge in [0.25, 0.3) is 5.91 Å². The van der Waals surface area contributed by atoms with Gasteiger partial charge in [-0.25, -0.2) is 0 Å². The van der Waals surface area contributed by atoms with E-state index in [0.29, 0.717) is 18.7 Å². The molecule has 1 saturated carbocycles. The predicted molar refractivity (Wildman–Crippen MR) is 75.5 cm³/mol. The van der Waals surface area contributed by atoms with Crippen molar-refractivity contribution in [3.8, 4) is 6.07 Å². The van der Waals surface area contributed by atoms with Crippen LogP contribution in [-0.2, 0) is 18.2 Å². The zero-order chi connectivity index (χ0) is 15.2. The Morgan fingerprint density at radius 2 is 2.29 bits per heavy atom. The molecule has 21 heavy (non-hydrogen) atoms. The van der Waals surface area contributed by atoms with Crippen molar-refractivity contribution in [3.05, 3.63) is 17.0 Å². The SMILES string of the molecule is C[C@@H]1Cc2c(C(=O)NCC3(C#N)CC3)nn(C)c2[C@H](C)O1. The van der Waals surface area contributed by atoms with Gasteiger partial charge in [-0.15, -0.1) is 0 Å². The van der Waals surface area contributed by atoms with Crippen LogP contribution in [0.5, 0.6) is 0 Å². The zero-order valence-electron chi connectivity index (χ0n) is 12.6. The molecule has 3 rings (SSSR count). The summed E-state index contributed by atoms with van der Waals surface area (Å²) in [5.41, 5.74) is 2.08. The van der Waals surface area contributed by atoms with Crippen LogP contribution >= 0.6 is 0 Å². The highest BCUT2D eigenvalue weighted by atomic mass is 16.5. The van der Waals surface area contributed by atoms with E-state index in [1.807, 2.05) is 20.9 Å². The van der Waals surface area contributed by atoms with Crippen LogP contribution in [0.2, 0.25) is 0 Å². The van der Waals surface area contributed by atoms with Crippen LogP contribution in [0.15, 0.2) is 0 Å². The molecule has 2 atom stereocenters. The van der Waals surface area contributed by atoms with Gasteiger partial charge in [-0.1, -0.05) is 0 Å². The fraction of sp³-hybridized carbons (Fsp3) is 0.667. The molecule has 0 radical (unpaired) electrons. The number of carbonyl (C=O) groups is 1. The lowest BCUT2D eigenvalue weighted by Crippen LogP contribution is -2.31. The van der Waals surface area contributed by atoms with E-state index in [2.05, 4.69) is 16.5 Å². The number of rotatable bonds is 3. The summed E-state index contributed by atoms with van der Waals surface area (Å²) in [5.74, 6) is -0.185. The van der Waals surface area contributed by atoms with E-state index < -0.39 is 0 Å². The lowest BCUT2D eigenvalue weighted by Gasteiger charge is -2.26. The lowest BCUT2D eigenvalue weighted by atomic mass is 9.99. The summed E-state index contributed by atoms with van der Waals surface area (Å²) >= 11 is 0. The molecule has 0 unspecified atom stereocenters. The molecular weight excluding hydrogens is 268 g/mol. The summed E-state index contributed by atoms with van der Waals surface area (Å²) in [6.07, 6.45) is 2.45. The predicted octanol–water partition coefficient (Wildman–Crippen LogP) is 1.48. The van der Waals surface area contributed by atoms with Crippen molar-refractivity contribution in [2.45, 2.75) is 45.3 Å². The first kappa shape index (κ1) is 14.1. The number of nitrogens with one attached hydrogen (secondary N) is 1. The number of carbonyl (C=O) groups excluding carboxylic acids is 1. The second kappa shape index (κ2) is 4.85. The Hall–Kier alpha value is -1.87. The fourth-order valence-corrected chi connectivity index (χ4v) is 3.03. The first-order valence-electron chi connectivity index (χ1n) is 7.36. The molecule has 0 aromatic carbocycles. The maximum atomic E-state index is 12.4. The average molecular weight is 288 g/mol. The molecule has 112 valence electrons. The normalized spacial score (nSPS) is 25.8. The van der Waals surface area contributed by atoms with Crippen LogP contribution in [-0.4, -0.2) is 28.3 Å². The molecule has 2 heterocycles. The first-order chi connectivity index (χ1) is 9.96. The number of fused-ring (bicyclic) bond motifs is 1.